The van der Waals surface area contributed by atoms with Crippen molar-refractivity contribution in [1.29, 1.82) is 0 Å². The molecule has 0 heterocycles. The van der Waals surface area contributed by atoms with Crippen LogP contribution in [0.1, 0.15) is 16.7 Å². The van der Waals surface area contributed by atoms with E-state index in [1.165, 1.54) is 12.1 Å². The van der Waals surface area contributed by atoms with Gasteiger partial charge in [-0.15, -0.1) is 0 Å². The number of hydrogen-bond acceptors (Lipinski definition) is 2. The lowest BCUT2D eigenvalue weighted by atomic mass is 10.1. The second-order valence-electron chi connectivity index (χ2n) is 6.07. The largest absolute Gasteiger partial charge is 0.487 e. The van der Waals surface area contributed by atoms with E-state index in [0.29, 0.717) is 18.9 Å². The molecule has 140 valence electrons. The zero-order valence-corrected chi connectivity index (χ0v) is 18.5. The molecule has 0 unspecified atom stereocenters. The van der Waals surface area contributed by atoms with Crippen molar-refractivity contribution in [3.05, 3.63) is 91.1 Å². The van der Waals surface area contributed by atoms with Crippen LogP contribution in [0, 0.1) is 12.7 Å². The lowest BCUT2D eigenvalue weighted by Crippen LogP contribution is -2.03. The molecule has 6 heteroatoms. The minimum Gasteiger partial charge on any atom is -0.487 e. The molecule has 27 heavy (non-hydrogen) atoms. The summed E-state index contributed by atoms with van der Waals surface area (Å²) in [5, 5.41) is 4.15. The van der Waals surface area contributed by atoms with Gasteiger partial charge in [0.05, 0.1) is 8.95 Å². The number of nitrogens with one attached hydrogen (secondary N) is 1. The van der Waals surface area contributed by atoms with Crippen LogP contribution in [0.25, 0.3) is 0 Å². The summed E-state index contributed by atoms with van der Waals surface area (Å²) in [6.07, 6.45) is 0. The summed E-state index contributed by atoms with van der Waals surface area (Å²) < 4.78 is 20.6. The van der Waals surface area contributed by atoms with Crippen LogP contribution in [-0.2, 0) is 13.2 Å². The molecule has 0 saturated carbocycles. The van der Waals surface area contributed by atoms with Crippen molar-refractivity contribution in [3.8, 4) is 5.75 Å². The quantitative estimate of drug-likeness (QED) is 0.368. The predicted octanol–water partition coefficient (Wildman–Crippen LogP) is 7.50. The smallest absolute Gasteiger partial charge is 0.148 e. The molecule has 0 spiro atoms. The SMILES string of the molecule is Cc1c(Cl)cccc1NCc1cc(Br)c(OCc2ccc(F)cc2)c(Br)c1. The van der Waals surface area contributed by atoms with Gasteiger partial charge in [0.15, 0.2) is 0 Å². The summed E-state index contributed by atoms with van der Waals surface area (Å²) in [6, 6.07) is 16.1. The molecule has 3 aromatic rings. The fraction of sp³-hybridized carbons (Fsp3) is 0.143. The van der Waals surface area contributed by atoms with Crippen molar-refractivity contribution in [1.82, 2.24) is 0 Å². The van der Waals surface area contributed by atoms with Crippen molar-refractivity contribution in [3.63, 3.8) is 0 Å². The van der Waals surface area contributed by atoms with E-state index >= 15 is 0 Å². The van der Waals surface area contributed by atoms with Gasteiger partial charge in [-0.1, -0.05) is 29.8 Å². The van der Waals surface area contributed by atoms with Gasteiger partial charge in [-0.05, 0) is 91.9 Å². The Morgan fingerprint density at radius 3 is 2.33 bits per heavy atom. The Bertz CT molecular complexity index is 924. The molecule has 0 aliphatic heterocycles. The Morgan fingerprint density at radius 1 is 1.00 bits per heavy atom. The van der Waals surface area contributed by atoms with Gasteiger partial charge in [-0.25, -0.2) is 4.39 Å². The van der Waals surface area contributed by atoms with Gasteiger partial charge in [-0.2, -0.15) is 0 Å². The van der Waals surface area contributed by atoms with Crippen molar-refractivity contribution in [2.24, 2.45) is 0 Å². The number of ether oxygens (including phenoxy) is 1. The Kier molecular flexibility index (Phi) is 6.79. The Hall–Kier alpha value is -1.56. The van der Waals surface area contributed by atoms with E-state index in [1.54, 1.807) is 12.1 Å². The van der Waals surface area contributed by atoms with Crippen molar-refractivity contribution >= 4 is 49.1 Å². The zero-order chi connectivity index (χ0) is 19.4. The topological polar surface area (TPSA) is 21.3 Å². The van der Waals surface area contributed by atoms with E-state index in [9.17, 15) is 4.39 Å². The van der Waals surface area contributed by atoms with Gasteiger partial charge < -0.3 is 10.1 Å². The molecule has 0 aliphatic rings. The maximum absolute atomic E-state index is 13.0. The van der Waals surface area contributed by atoms with Crippen molar-refractivity contribution in [2.45, 2.75) is 20.1 Å². The fourth-order valence-corrected chi connectivity index (χ4v) is 4.27. The van der Waals surface area contributed by atoms with Gasteiger partial charge in [-0.3, -0.25) is 0 Å². The molecular formula is C21H17Br2ClFNO. The Balaban J connectivity index is 1.68. The third kappa shape index (κ3) is 5.24. The summed E-state index contributed by atoms with van der Waals surface area (Å²) in [6.45, 7) is 3.00. The number of anilines is 1. The van der Waals surface area contributed by atoms with Crippen LogP contribution in [-0.4, -0.2) is 0 Å². The van der Waals surface area contributed by atoms with E-state index in [1.807, 2.05) is 37.3 Å². The fourth-order valence-electron chi connectivity index (χ4n) is 2.58. The van der Waals surface area contributed by atoms with Gasteiger partial charge in [0.25, 0.3) is 0 Å². The summed E-state index contributed by atoms with van der Waals surface area (Å²) in [7, 11) is 0. The van der Waals surface area contributed by atoms with Crippen LogP contribution < -0.4 is 10.1 Å². The van der Waals surface area contributed by atoms with E-state index < -0.39 is 0 Å². The lowest BCUT2D eigenvalue weighted by Gasteiger charge is -2.14. The molecule has 1 N–H and O–H groups in total. The van der Waals surface area contributed by atoms with E-state index in [2.05, 4.69) is 37.2 Å². The van der Waals surface area contributed by atoms with Gasteiger partial charge in [0.2, 0.25) is 0 Å². The monoisotopic (exact) mass is 511 g/mol. The number of benzene rings is 3. The van der Waals surface area contributed by atoms with Crippen LogP contribution in [0.3, 0.4) is 0 Å². The molecule has 2 nitrogen and oxygen atoms in total. The number of halogens is 4. The molecule has 0 amide bonds. The predicted molar refractivity (Wildman–Crippen MR) is 116 cm³/mol. The molecule has 0 atom stereocenters. The van der Waals surface area contributed by atoms with Crippen molar-refractivity contribution < 1.29 is 9.13 Å². The summed E-state index contributed by atoms with van der Waals surface area (Å²) >= 11 is 13.3. The summed E-state index contributed by atoms with van der Waals surface area (Å²) in [5.41, 5.74) is 4.02. The second kappa shape index (κ2) is 9.09. The number of hydrogen-bond donors (Lipinski definition) is 1. The summed E-state index contributed by atoms with van der Waals surface area (Å²) in [4.78, 5) is 0. The first-order valence-corrected chi connectivity index (χ1v) is 10.2. The third-order valence-corrected chi connectivity index (χ3v) is 5.69. The minimum absolute atomic E-state index is 0.257. The highest BCUT2D eigenvalue weighted by atomic mass is 79.9. The van der Waals surface area contributed by atoms with E-state index in [0.717, 1.165) is 36.3 Å². The van der Waals surface area contributed by atoms with Crippen LogP contribution in [0.2, 0.25) is 5.02 Å². The second-order valence-corrected chi connectivity index (χ2v) is 8.19. The van der Waals surface area contributed by atoms with Crippen LogP contribution in [0.4, 0.5) is 10.1 Å². The van der Waals surface area contributed by atoms with Crippen LogP contribution in [0.5, 0.6) is 5.75 Å². The molecule has 0 fully saturated rings. The normalized spacial score (nSPS) is 10.7. The Morgan fingerprint density at radius 2 is 1.67 bits per heavy atom. The summed E-state index contributed by atoms with van der Waals surface area (Å²) in [5.74, 6) is 0.454. The maximum atomic E-state index is 13.0. The van der Waals surface area contributed by atoms with Gasteiger partial charge in [0.1, 0.15) is 18.2 Å². The first kappa shape index (κ1) is 20.2. The molecular weight excluding hydrogens is 496 g/mol. The molecule has 3 rings (SSSR count). The molecule has 0 radical (unpaired) electrons. The number of rotatable bonds is 6. The van der Waals surface area contributed by atoms with Crippen LogP contribution >= 0.6 is 43.5 Å². The lowest BCUT2D eigenvalue weighted by molar-refractivity contribution is 0.302. The average Bonchev–Trinajstić information content (AvgIpc) is 2.64. The molecule has 0 bridgehead atoms. The molecule has 0 aromatic heterocycles. The van der Waals surface area contributed by atoms with Crippen LogP contribution in [0.15, 0.2) is 63.5 Å². The minimum atomic E-state index is -0.257. The average molecular weight is 514 g/mol. The molecule has 0 saturated heterocycles. The molecule has 0 aliphatic carbocycles. The van der Waals surface area contributed by atoms with E-state index in [-0.39, 0.29) is 5.82 Å². The standard InChI is InChI=1S/C21H17Br2ClFNO/c1-13-19(24)3-2-4-20(13)26-11-15-9-17(22)21(18(23)10-15)27-12-14-5-7-16(25)8-6-14/h2-10,26H,11-12H2,1H3. The highest BCUT2D eigenvalue weighted by molar-refractivity contribution is 9.11. The van der Waals surface area contributed by atoms with Crippen molar-refractivity contribution in [2.75, 3.05) is 5.32 Å². The van der Waals surface area contributed by atoms with Gasteiger partial charge >= 0.3 is 0 Å². The first-order valence-electron chi connectivity index (χ1n) is 8.28. The zero-order valence-electron chi connectivity index (χ0n) is 14.5. The molecule has 3 aromatic carbocycles. The van der Waals surface area contributed by atoms with Gasteiger partial charge in [0, 0.05) is 17.3 Å². The first-order chi connectivity index (χ1) is 12.9. The highest BCUT2D eigenvalue weighted by Gasteiger charge is 2.10. The highest BCUT2D eigenvalue weighted by Crippen LogP contribution is 2.35. The third-order valence-electron chi connectivity index (χ3n) is 4.11. The maximum Gasteiger partial charge on any atom is 0.148 e. The Labute approximate surface area is 180 Å². The van der Waals surface area contributed by atoms with E-state index in [4.69, 9.17) is 16.3 Å².